The van der Waals surface area contributed by atoms with Gasteiger partial charge in [0.1, 0.15) is 11.6 Å². The monoisotopic (exact) mass is 329 g/mol. The van der Waals surface area contributed by atoms with E-state index in [1.807, 2.05) is 26.0 Å². The lowest BCUT2D eigenvalue weighted by Gasteiger charge is -2.15. The van der Waals surface area contributed by atoms with Crippen molar-refractivity contribution < 1.29 is 13.9 Å². The van der Waals surface area contributed by atoms with Crippen LogP contribution in [0.5, 0.6) is 5.75 Å². The number of ether oxygens (including phenoxy) is 1. The third-order valence-corrected chi connectivity index (χ3v) is 3.73. The van der Waals surface area contributed by atoms with E-state index in [4.69, 9.17) is 4.74 Å². The molecule has 3 nitrogen and oxygen atoms in total. The van der Waals surface area contributed by atoms with Crippen LogP contribution in [0.3, 0.4) is 0 Å². The van der Waals surface area contributed by atoms with Crippen LogP contribution in [0, 0.1) is 19.7 Å². The van der Waals surface area contributed by atoms with E-state index < -0.39 is 6.10 Å². The fourth-order valence-corrected chi connectivity index (χ4v) is 2.56. The number of nitrogens with one attached hydrogen (secondary N) is 1. The summed E-state index contributed by atoms with van der Waals surface area (Å²) in [5.74, 6) is 0.346. The predicted octanol–water partition coefficient (Wildman–Crippen LogP) is 3.96. The third-order valence-electron chi connectivity index (χ3n) is 3.73. The fraction of sp³-hybridized carbons (Fsp3) is 0.350. The number of carbonyl (C=O) groups excluding carboxylic acids is 1. The van der Waals surface area contributed by atoms with E-state index in [-0.39, 0.29) is 11.7 Å². The van der Waals surface area contributed by atoms with Gasteiger partial charge in [0.05, 0.1) is 0 Å². The summed E-state index contributed by atoms with van der Waals surface area (Å²) in [5.41, 5.74) is 3.28. The van der Waals surface area contributed by atoms with Crippen LogP contribution < -0.4 is 10.1 Å². The maximum atomic E-state index is 12.8. The lowest BCUT2D eigenvalue weighted by atomic mass is 10.1. The van der Waals surface area contributed by atoms with Crippen LogP contribution in [-0.4, -0.2) is 18.6 Å². The molecule has 0 radical (unpaired) electrons. The highest BCUT2D eigenvalue weighted by Gasteiger charge is 2.14. The van der Waals surface area contributed by atoms with Crippen molar-refractivity contribution in [2.45, 2.75) is 39.7 Å². The van der Waals surface area contributed by atoms with Crippen molar-refractivity contribution in [3.05, 3.63) is 65.0 Å². The smallest absolute Gasteiger partial charge is 0.260 e. The summed E-state index contributed by atoms with van der Waals surface area (Å²) in [7, 11) is 0. The van der Waals surface area contributed by atoms with Crippen LogP contribution in [0.25, 0.3) is 0 Å². The molecular formula is C20H24FNO2. The number of rotatable bonds is 7. The van der Waals surface area contributed by atoms with Crippen LogP contribution in [0.2, 0.25) is 0 Å². The average Bonchev–Trinajstić information content (AvgIpc) is 2.52. The fourth-order valence-electron chi connectivity index (χ4n) is 2.56. The van der Waals surface area contributed by atoms with Gasteiger partial charge in [0.15, 0.2) is 6.10 Å². The maximum absolute atomic E-state index is 12.8. The first-order valence-corrected chi connectivity index (χ1v) is 8.21. The molecule has 1 amide bonds. The van der Waals surface area contributed by atoms with Crippen molar-refractivity contribution in [1.82, 2.24) is 5.32 Å². The number of carbonyl (C=O) groups is 1. The van der Waals surface area contributed by atoms with E-state index in [1.165, 1.54) is 12.1 Å². The number of hydrogen-bond acceptors (Lipinski definition) is 2. The minimum Gasteiger partial charge on any atom is -0.481 e. The molecule has 0 unspecified atom stereocenters. The van der Waals surface area contributed by atoms with Gasteiger partial charge in [-0.3, -0.25) is 4.79 Å². The van der Waals surface area contributed by atoms with E-state index >= 15 is 0 Å². The molecule has 2 aromatic carbocycles. The summed E-state index contributed by atoms with van der Waals surface area (Å²) in [6.45, 7) is 6.31. The molecular weight excluding hydrogens is 305 g/mol. The molecule has 2 aromatic rings. The largest absolute Gasteiger partial charge is 0.481 e. The number of amides is 1. The first kappa shape index (κ1) is 18.0. The minimum absolute atomic E-state index is 0.131. The highest BCUT2D eigenvalue weighted by Crippen LogP contribution is 2.17. The van der Waals surface area contributed by atoms with Crippen molar-refractivity contribution in [3.8, 4) is 5.75 Å². The lowest BCUT2D eigenvalue weighted by Crippen LogP contribution is -2.37. The van der Waals surface area contributed by atoms with Crippen molar-refractivity contribution in [2.24, 2.45) is 0 Å². The SMILES string of the molecule is Cc1cc(C)cc(O[C@@H](C)C(=O)NCCCc2ccc(F)cc2)c1. The minimum atomic E-state index is -0.544. The molecule has 0 bridgehead atoms. The molecule has 0 fully saturated rings. The Morgan fingerprint density at radius 3 is 2.38 bits per heavy atom. The maximum Gasteiger partial charge on any atom is 0.260 e. The standard InChI is InChI=1S/C20H24FNO2/c1-14-11-15(2)13-19(12-14)24-16(3)20(23)22-10-4-5-17-6-8-18(21)9-7-17/h6-9,11-13,16H,4-5,10H2,1-3H3,(H,22,23)/t16-/m0/s1. The average molecular weight is 329 g/mol. The summed E-state index contributed by atoms with van der Waals surface area (Å²) in [5, 5.41) is 2.88. The second-order valence-electron chi connectivity index (χ2n) is 6.10. The molecule has 0 aliphatic carbocycles. The molecule has 0 saturated carbocycles. The summed E-state index contributed by atoms with van der Waals surface area (Å²) < 4.78 is 18.5. The van der Waals surface area contributed by atoms with E-state index in [0.29, 0.717) is 12.3 Å². The zero-order chi connectivity index (χ0) is 17.5. The highest BCUT2D eigenvalue weighted by atomic mass is 19.1. The summed E-state index contributed by atoms with van der Waals surface area (Å²) in [6, 6.07) is 12.3. The van der Waals surface area contributed by atoms with Gasteiger partial charge in [-0.05, 0) is 74.6 Å². The molecule has 0 aliphatic heterocycles. The second kappa shape index (κ2) is 8.48. The van der Waals surface area contributed by atoms with Crippen molar-refractivity contribution in [2.75, 3.05) is 6.54 Å². The zero-order valence-electron chi connectivity index (χ0n) is 14.4. The quantitative estimate of drug-likeness (QED) is 0.781. The van der Waals surface area contributed by atoms with E-state index in [1.54, 1.807) is 19.1 Å². The Labute approximate surface area is 142 Å². The van der Waals surface area contributed by atoms with Gasteiger partial charge in [-0.25, -0.2) is 4.39 Å². The van der Waals surface area contributed by atoms with Gasteiger partial charge in [0.2, 0.25) is 0 Å². The van der Waals surface area contributed by atoms with Crippen LogP contribution in [-0.2, 0) is 11.2 Å². The molecule has 128 valence electrons. The van der Waals surface area contributed by atoms with Gasteiger partial charge >= 0.3 is 0 Å². The van der Waals surface area contributed by atoms with Crippen LogP contribution in [0.1, 0.15) is 30.0 Å². The topological polar surface area (TPSA) is 38.3 Å². The Morgan fingerprint density at radius 1 is 1.12 bits per heavy atom. The van der Waals surface area contributed by atoms with Crippen LogP contribution >= 0.6 is 0 Å². The highest BCUT2D eigenvalue weighted by molar-refractivity contribution is 5.80. The molecule has 0 saturated heterocycles. The summed E-state index contributed by atoms with van der Waals surface area (Å²) in [6.07, 6.45) is 1.05. The van der Waals surface area contributed by atoms with E-state index in [2.05, 4.69) is 11.4 Å². The van der Waals surface area contributed by atoms with Crippen LogP contribution in [0.15, 0.2) is 42.5 Å². The van der Waals surface area contributed by atoms with Gasteiger partial charge in [0.25, 0.3) is 5.91 Å². The summed E-state index contributed by atoms with van der Waals surface area (Å²) >= 11 is 0. The molecule has 2 rings (SSSR count). The number of hydrogen-bond donors (Lipinski definition) is 1. The summed E-state index contributed by atoms with van der Waals surface area (Å²) in [4.78, 5) is 12.1. The molecule has 4 heteroatoms. The van der Waals surface area contributed by atoms with Gasteiger partial charge < -0.3 is 10.1 Å². The Bertz CT molecular complexity index is 662. The number of benzene rings is 2. The van der Waals surface area contributed by atoms with Gasteiger partial charge in [-0.15, -0.1) is 0 Å². The second-order valence-corrected chi connectivity index (χ2v) is 6.10. The van der Waals surface area contributed by atoms with Crippen LogP contribution in [0.4, 0.5) is 4.39 Å². The Hall–Kier alpha value is -2.36. The molecule has 0 aliphatic rings. The van der Waals surface area contributed by atoms with Crippen molar-refractivity contribution in [1.29, 1.82) is 0 Å². The van der Waals surface area contributed by atoms with Gasteiger partial charge in [-0.1, -0.05) is 18.2 Å². The molecule has 1 atom stereocenters. The Morgan fingerprint density at radius 2 is 1.75 bits per heavy atom. The van der Waals surface area contributed by atoms with E-state index in [0.717, 1.165) is 29.5 Å². The third kappa shape index (κ3) is 5.69. The predicted molar refractivity (Wildman–Crippen MR) is 93.7 cm³/mol. The zero-order valence-corrected chi connectivity index (χ0v) is 14.4. The van der Waals surface area contributed by atoms with Gasteiger partial charge in [-0.2, -0.15) is 0 Å². The Kier molecular flexibility index (Phi) is 6.36. The van der Waals surface area contributed by atoms with Crippen molar-refractivity contribution >= 4 is 5.91 Å². The first-order valence-electron chi connectivity index (χ1n) is 8.21. The molecule has 0 heterocycles. The normalized spacial score (nSPS) is 11.8. The molecule has 24 heavy (non-hydrogen) atoms. The first-order chi connectivity index (χ1) is 11.4. The number of halogens is 1. The van der Waals surface area contributed by atoms with E-state index in [9.17, 15) is 9.18 Å². The molecule has 0 aromatic heterocycles. The van der Waals surface area contributed by atoms with Crippen molar-refractivity contribution in [3.63, 3.8) is 0 Å². The lowest BCUT2D eigenvalue weighted by molar-refractivity contribution is -0.127. The molecule has 0 spiro atoms. The molecule has 1 N–H and O–H groups in total. The van der Waals surface area contributed by atoms with Gasteiger partial charge in [0, 0.05) is 6.54 Å². The number of aryl methyl sites for hydroxylation is 3. The Balaban J connectivity index is 1.74.